The van der Waals surface area contributed by atoms with Crippen LogP contribution in [0, 0.1) is 0 Å². The second-order valence-electron chi connectivity index (χ2n) is 4.64. The smallest absolute Gasteiger partial charge is 0.242 e. The van der Waals surface area contributed by atoms with Crippen molar-refractivity contribution in [1.29, 1.82) is 0 Å². The SMILES string of the molecule is CCc1nc(C(C)NC(=O)C(N)c2ccccc2)cs1.Cl.Cl. The second kappa shape index (κ2) is 9.79. The molecule has 1 heterocycles. The zero-order chi connectivity index (χ0) is 14.5. The number of nitrogens with two attached hydrogens (primary N) is 1. The third kappa shape index (κ3) is 5.25. The molecule has 0 saturated carbocycles. The van der Waals surface area contributed by atoms with Crippen molar-refractivity contribution in [3.8, 4) is 0 Å². The third-order valence-corrected chi connectivity index (χ3v) is 4.13. The van der Waals surface area contributed by atoms with E-state index in [1.807, 2.05) is 42.6 Å². The lowest BCUT2D eigenvalue weighted by molar-refractivity contribution is -0.123. The summed E-state index contributed by atoms with van der Waals surface area (Å²) in [4.78, 5) is 16.6. The molecule has 0 radical (unpaired) electrons. The zero-order valence-corrected chi connectivity index (χ0v) is 14.9. The number of hydrogen-bond donors (Lipinski definition) is 2. The molecule has 2 unspecified atom stereocenters. The van der Waals surface area contributed by atoms with Crippen LogP contribution in [0.3, 0.4) is 0 Å². The minimum absolute atomic E-state index is 0. The van der Waals surface area contributed by atoms with Crippen molar-refractivity contribution < 1.29 is 4.79 Å². The summed E-state index contributed by atoms with van der Waals surface area (Å²) in [5, 5.41) is 5.97. The molecule has 1 aromatic carbocycles. The topological polar surface area (TPSA) is 68.0 Å². The van der Waals surface area contributed by atoms with Crippen molar-refractivity contribution in [2.45, 2.75) is 32.4 Å². The number of nitrogens with one attached hydrogen (secondary N) is 1. The molecular weight excluding hydrogens is 341 g/mol. The third-order valence-electron chi connectivity index (χ3n) is 3.12. The summed E-state index contributed by atoms with van der Waals surface area (Å²) in [5.41, 5.74) is 7.67. The van der Waals surface area contributed by atoms with Gasteiger partial charge in [-0.2, -0.15) is 0 Å². The van der Waals surface area contributed by atoms with E-state index in [-0.39, 0.29) is 36.8 Å². The van der Waals surface area contributed by atoms with Crippen molar-refractivity contribution >= 4 is 42.1 Å². The Morgan fingerprint density at radius 3 is 2.50 bits per heavy atom. The standard InChI is InChI=1S/C15H19N3OS.2ClH/c1-3-13-18-12(9-20-13)10(2)17-15(19)14(16)11-7-5-4-6-8-11;;/h4-10,14H,3,16H2,1-2H3,(H,17,19);2*1H. The number of thiazole rings is 1. The predicted molar refractivity (Wildman–Crippen MR) is 95.9 cm³/mol. The Morgan fingerprint density at radius 2 is 1.95 bits per heavy atom. The van der Waals surface area contributed by atoms with E-state index in [9.17, 15) is 4.79 Å². The van der Waals surface area contributed by atoms with Gasteiger partial charge in [-0.1, -0.05) is 37.3 Å². The largest absolute Gasteiger partial charge is 0.346 e. The van der Waals surface area contributed by atoms with Crippen LogP contribution in [0.2, 0.25) is 0 Å². The maximum absolute atomic E-state index is 12.1. The van der Waals surface area contributed by atoms with Gasteiger partial charge in [-0.05, 0) is 18.9 Å². The molecule has 0 aliphatic rings. The average molecular weight is 362 g/mol. The number of nitrogens with zero attached hydrogens (tertiary/aromatic N) is 1. The van der Waals surface area contributed by atoms with E-state index < -0.39 is 6.04 Å². The lowest BCUT2D eigenvalue weighted by Gasteiger charge is -2.16. The van der Waals surface area contributed by atoms with Gasteiger partial charge in [-0.25, -0.2) is 4.98 Å². The fourth-order valence-corrected chi connectivity index (χ4v) is 2.71. The fraction of sp³-hybridized carbons (Fsp3) is 0.333. The van der Waals surface area contributed by atoms with Crippen molar-refractivity contribution in [3.05, 3.63) is 52.0 Å². The highest BCUT2D eigenvalue weighted by molar-refractivity contribution is 7.09. The minimum atomic E-state index is -0.650. The summed E-state index contributed by atoms with van der Waals surface area (Å²) in [6, 6.07) is 8.58. The van der Waals surface area contributed by atoms with Crippen molar-refractivity contribution in [2.24, 2.45) is 5.73 Å². The highest BCUT2D eigenvalue weighted by Gasteiger charge is 2.19. The summed E-state index contributed by atoms with van der Waals surface area (Å²) in [6.45, 7) is 3.99. The van der Waals surface area contributed by atoms with Gasteiger partial charge in [0.2, 0.25) is 5.91 Å². The Kier molecular flexibility index (Phi) is 9.28. The van der Waals surface area contributed by atoms with Crippen molar-refractivity contribution in [2.75, 3.05) is 0 Å². The molecule has 22 heavy (non-hydrogen) atoms. The van der Waals surface area contributed by atoms with Crippen LogP contribution in [0.15, 0.2) is 35.7 Å². The van der Waals surface area contributed by atoms with Crippen LogP contribution < -0.4 is 11.1 Å². The first kappa shape index (κ1) is 20.9. The van der Waals surface area contributed by atoms with Crippen LogP contribution in [-0.4, -0.2) is 10.9 Å². The highest BCUT2D eigenvalue weighted by atomic mass is 35.5. The van der Waals surface area contributed by atoms with Gasteiger partial charge >= 0.3 is 0 Å². The molecule has 0 aliphatic heterocycles. The number of amides is 1. The number of benzene rings is 1. The Hall–Kier alpha value is -1.14. The van der Waals surface area contributed by atoms with Gasteiger partial charge in [-0.15, -0.1) is 36.2 Å². The summed E-state index contributed by atoms with van der Waals surface area (Å²) in [5.74, 6) is -0.185. The van der Waals surface area contributed by atoms with E-state index >= 15 is 0 Å². The molecule has 0 bridgehead atoms. The molecule has 3 N–H and O–H groups in total. The Labute approximate surface area is 147 Å². The molecule has 7 heteroatoms. The molecule has 0 spiro atoms. The number of rotatable bonds is 5. The number of carbonyl (C=O) groups is 1. The van der Waals surface area contributed by atoms with Crippen molar-refractivity contribution in [3.63, 3.8) is 0 Å². The molecule has 1 amide bonds. The quantitative estimate of drug-likeness (QED) is 0.856. The first-order chi connectivity index (χ1) is 9.61. The lowest BCUT2D eigenvalue weighted by Crippen LogP contribution is -2.35. The summed E-state index contributed by atoms with van der Waals surface area (Å²) >= 11 is 1.62. The summed E-state index contributed by atoms with van der Waals surface area (Å²) < 4.78 is 0. The van der Waals surface area contributed by atoms with Crippen LogP contribution in [0.5, 0.6) is 0 Å². The van der Waals surface area contributed by atoms with Gasteiger partial charge in [-0.3, -0.25) is 4.79 Å². The zero-order valence-electron chi connectivity index (χ0n) is 12.5. The van der Waals surface area contributed by atoms with Crippen LogP contribution in [0.25, 0.3) is 0 Å². The maximum Gasteiger partial charge on any atom is 0.242 e. The second-order valence-corrected chi connectivity index (χ2v) is 5.58. The van der Waals surface area contributed by atoms with Crippen LogP contribution in [0.4, 0.5) is 0 Å². The number of aromatic nitrogens is 1. The van der Waals surface area contributed by atoms with Crippen LogP contribution in [-0.2, 0) is 11.2 Å². The number of hydrogen-bond acceptors (Lipinski definition) is 4. The minimum Gasteiger partial charge on any atom is -0.346 e. The molecule has 2 rings (SSSR count). The number of aryl methyl sites for hydroxylation is 1. The first-order valence-electron chi connectivity index (χ1n) is 6.67. The lowest BCUT2D eigenvalue weighted by atomic mass is 10.1. The molecule has 4 nitrogen and oxygen atoms in total. The van der Waals surface area contributed by atoms with Gasteiger partial charge in [0.05, 0.1) is 16.7 Å². The van der Waals surface area contributed by atoms with Gasteiger partial charge < -0.3 is 11.1 Å². The number of halogens is 2. The van der Waals surface area contributed by atoms with E-state index in [0.717, 1.165) is 22.7 Å². The van der Waals surface area contributed by atoms with E-state index in [4.69, 9.17) is 5.73 Å². The van der Waals surface area contributed by atoms with E-state index in [0.29, 0.717) is 0 Å². The Bertz CT molecular complexity index is 577. The van der Waals surface area contributed by atoms with Crippen molar-refractivity contribution in [1.82, 2.24) is 10.3 Å². The molecule has 2 atom stereocenters. The van der Waals surface area contributed by atoms with Crippen LogP contribution in [0.1, 0.15) is 42.2 Å². The number of carbonyl (C=O) groups excluding carboxylic acids is 1. The monoisotopic (exact) mass is 361 g/mol. The van der Waals surface area contributed by atoms with E-state index in [1.165, 1.54) is 0 Å². The molecule has 122 valence electrons. The Morgan fingerprint density at radius 1 is 1.32 bits per heavy atom. The molecule has 0 saturated heterocycles. The van der Waals surface area contributed by atoms with Crippen LogP contribution >= 0.6 is 36.2 Å². The molecule has 0 fully saturated rings. The molecule has 0 aliphatic carbocycles. The van der Waals surface area contributed by atoms with E-state index in [1.54, 1.807) is 11.3 Å². The molecule has 1 aromatic heterocycles. The van der Waals surface area contributed by atoms with E-state index in [2.05, 4.69) is 17.2 Å². The average Bonchev–Trinajstić information content (AvgIpc) is 2.96. The summed E-state index contributed by atoms with van der Waals surface area (Å²) in [7, 11) is 0. The predicted octanol–water partition coefficient (Wildman–Crippen LogP) is 3.43. The Balaban J connectivity index is 0.00000220. The fourth-order valence-electron chi connectivity index (χ4n) is 1.88. The maximum atomic E-state index is 12.1. The highest BCUT2D eigenvalue weighted by Crippen LogP contribution is 2.18. The van der Waals surface area contributed by atoms with Gasteiger partial charge in [0.1, 0.15) is 6.04 Å². The summed E-state index contributed by atoms with van der Waals surface area (Å²) in [6.07, 6.45) is 0.912. The van der Waals surface area contributed by atoms with Gasteiger partial charge in [0, 0.05) is 5.38 Å². The molecular formula is C15H21Cl2N3OS. The first-order valence-corrected chi connectivity index (χ1v) is 7.55. The van der Waals surface area contributed by atoms with Gasteiger partial charge in [0.15, 0.2) is 0 Å². The normalized spacial score (nSPS) is 12.5. The van der Waals surface area contributed by atoms with Gasteiger partial charge in [0.25, 0.3) is 0 Å². The molecule has 2 aromatic rings.